The van der Waals surface area contributed by atoms with Gasteiger partial charge in [-0.3, -0.25) is 9.89 Å². The lowest BCUT2D eigenvalue weighted by molar-refractivity contribution is -0.112. The van der Waals surface area contributed by atoms with Gasteiger partial charge >= 0.3 is 0 Å². The predicted octanol–water partition coefficient (Wildman–Crippen LogP) is 1.70. The molecule has 0 aromatic carbocycles. The Kier molecular flexibility index (Phi) is 3.25. The van der Waals surface area contributed by atoms with E-state index >= 15 is 0 Å². The molecule has 0 aliphatic heterocycles. The van der Waals surface area contributed by atoms with Gasteiger partial charge in [-0.15, -0.1) is 0 Å². The quantitative estimate of drug-likeness (QED) is 0.694. The van der Waals surface area contributed by atoms with Gasteiger partial charge in [-0.25, -0.2) is 0 Å². The molecule has 0 atom stereocenters. The lowest BCUT2D eigenvalue weighted by Crippen LogP contribution is -2.12. The number of rotatable bonds is 3. The molecule has 1 aromatic rings. The lowest BCUT2D eigenvalue weighted by atomic mass is 10.2. The van der Waals surface area contributed by atoms with Crippen molar-refractivity contribution in [2.75, 3.05) is 5.32 Å². The van der Waals surface area contributed by atoms with Gasteiger partial charge in [0.15, 0.2) is 0 Å². The van der Waals surface area contributed by atoms with Crippen molar-refractivity contribution >= 4 is 11.7 Å². The first-order valence-corrected chi connectivity index (χ1v) is 4.21. The van der Waals surface area contributed by atoms with Crippen molar-refractivity contribution in [1.29, 1.82) is 0 Å². The van der Waals surface area contributed by atoms with Crippen molar-refractivity contribution in [3.8, 4) is 0 Å². The minimum absolute atomic E-state index is 0.0916. The zero-order chi connectivity index (χ0) is 9.68. The Morgan fingerprint density at radius 3 is 3.08 bits per heavy atom. The van der Waals surface area contributed by atoms with Gasteiger partial charge in [0.1, 0.15) is 5.82 Å². The molecule has 0 saturated carbocycles. The number of aromatic nitrogens is 2. The Labute approximate surface area is 77.0 Å². The highest BCUT2D eigenvalue weighted by Gasteiger charge is 2.03. The van der Waals surface area contributed by atoms with Crippen LogP contribution in [-0.4, -0.2) is 16.1 Å². The SMILES string of the molecule is CC/C=C(/C)C(=O)Nc1ccn[nH]1. The maximum Gasteiger partial charge on any atom is 0.252 e. The third-order valence-corrected chi connectivity index (χ3v) is 1.62. The standard InChI is InChI=1S/C9H13N3O/c1-3-4-7(2)9(13)11-8-5-6-10-12-8/h4-6H,3H2,1-2H3,(H2,10,11,12,13)/b7-4-. The summed E-state index contributed by atoms with van der Waals surface area (Å²) in [6.45, 7) is 3.78. The largest absolute Gasteiger partial charge is 0.307 e. The van der Waals surface area contributed by atoms with Crippen LogP contribution in [0.4, 0.5) is 5.82 Å². The Balaban J connectivity index is 2.56. The second-order valence-corrected chi connectivity index (χ2v) is 2.72. The molecule has 0 aliphatic rings. The molecule has 0 fully saturated rings. The fourth-order valence-electron chi connectivity index (χ4n) is 0.945. The first-order valence-electron chi connectivity index (χ1n) is 4.21. The van der Waals surface area contributed by atoms with Crippen molar-refractivity contribution in [3.63, 3.8) is 0 Å². The molecular weight excluding hydrogens is 166 g/mol. The van der Waals surface area contributed by atoms with E-state index in [1.807, 2.05) is 13.0 Å². The van der Waals surface area contributed by atoms with E-state index in [1.54, 1.807) is 19.2 Å². The molecule has 1 aromatic heterocycles. The van der Waals surface area contributed by atoms with Crippen LogP contribution in [-0.2, 0) is 4.79 Å². The summed E-state index contributed by atoms with van der Waals surface area (Å²) in [4.78, 5) is 11.4. The first-order chi connectivity index (χ1) is 6.24. The molecule has 1 rings (SSSR count). The first kappa shape index (κ1) is 9.51. The summed E-state index contributed by atoms with van der Waals surface area (Å²) >= 11 is 0. The molecule has 0 radical (unpaired) electrons. The van der Waals surface area contributed by atoms with Crippen LogP contribution in [0.25, 0.3) is 0 Å². The number of nitrogens with one attached hydrogen (secondary N) is 2. The fourth-order valence-corrected chi connectivity index (χ4v) is 0.945. The van der Waals surface area contributed by atoms with Crippen LogP contribution >= 0.6 is 0 Å². The zero-order valence-electron chi connectivity index (χ0n) is 7.79. The molecule has 1 amide bonds. The van der Waals surface area contributed by atoms with Crippen LogP contribution in [0.1, 0.15) is 20.3 Å². The Morgan fingerprint density at radius 1 is 1.77 bits per heavy atom. The number of carbonyl (C=O) groups is 1. The van der Waals surface area contributed by atoms with Gasteiger partial charge in [-0.1, -0.05) is 13.0 Å². The van der Waals surface area contributed by atoms with Crippen LogP contribution in [0.2, 0.25) is 0 Å². The van der Waals surface area contributed by atoms with Gasteiger partial charge in [0.2, 0.25) is 0 Å². The second-order valence-electron chi connectivity index (χ2n) is 2.72. The lowest BCUT2D eigenvalue weighted by Gasteiger charge is -2.01. The topological polar surface area (TPSA) is 57.8 Å². The molecular formula is C9H13N3O. The average molecular weight is 179 g/mol. The van der Waals surface area contributed by atoms with Crippen molar-refractivity contribution in [3.05, 3.63) is 23.9 Å². The molecule has 1 heterocycles. The van der Waals surface area contributed by atoms with Gasteiger partial charge in [-0.05, 0) is 13.3 Å². The number of anilines is 1. The third-order valence-electron chi connectivity index (χ3n) is 1.62. The normalized spacial score (nSPS) is 11.4. The van der Waals surface area contributed by atoms with Crippen LogP contribution in [0, 0.1) is 0 Å². The zero-order valence-corrected chi connectivity index (χ0v) is 7.79. The van der Waals surface area contributed by atoms with Crippen molar-refractivity contribution in [2.45, 2.75) is 20.3 Å². The number of nitrogens with zero attached hydrogens (tertiary/aromatic N) is 1. The molecule has 13 heavy (non-hydrogen) atoms. The van der Waals surface area contributed by atoms with Crippen LogP contribution in [0.3, 0.4) is 0 Å². The summed E-state index contributed by atoms with van der Waals surface area (Å²) in [6.07, 6.45) is 4.34. The molecule has 4 heteroatoms. The van der Waals surface area contributed by atoms with Gasteiger partial charge in [0.25, 0.3) is 5.91 Å². The number of aromatic amines is 1. The highest BCUT2D eigenvalue weighted by atomic mass is 16.1. The summed E-state index contributed by atoms with van der Waals surface area (Å²) in [6, 6.07) is 1.71. The number of allylic oxidation sites excluding steroid dienone is 1. The van der Waals surface area contributed by atoms with Crippen molar-refractivity contribution < 1.29 is 4.79 Å². The number of H-pyrrole nitrogens is 1. The highest BCUT2D eigenvalue weighted by molar-refractivity contribution is 6.02. The summed E-state index contributed by atoms with van der Waals surface area (Å²) in [7, 11) is 0. The number of hydrogen-bond donors (Lipinski definition) is 2. The number of carbonyl (C=O) groups excluding carboxylic acids is 1. The molecule has 0 unspecified atom stereocenters. The van der Waals surface area contributed by atoms with E-state index in [0.29, 0.717) is 5.82 Å². The van der Waals surface area contributed by atoms with Gasteiger partial charge in [-0.2, -0.15) is 5.10 Å². The van der Waals surface area contributed by atoms with Crippen molar-refractivity contribution in [2.24, 2.45) is 0 Å². The minimum Gasteiger partial charge on any atom is -0.307 e. The average Bonchev–Trinajstić information content (AvgIpc) is 2.57. The molecule has 0 aliphatic carbocycles. The van der Waals surface area contributed by atoms with Crippen LogP contribution < -0.4 is 5.32 Å². The molecule has 0 spiro atoms. The van der Waals surface area contributed by atoms with Gasteiger partial charge < -0.3 is 5.32 Å². The monoisotopic (exact) mass is 179 g/mol. The number of amides is 1. The van der Waals surface area contributed by atoms with Crippen LogP contribution in [0.5, 0.6) is 0 Å². The Bertz CT molecular complexity index is 301. The maximum absolute atomic E-state index is 11.4. The summed E-state index contributed by atoms with van der Waals surface area (Å²) in [5, 5.41) is 9.06. The van der Waals surface area contributed by atoms with E-state index in [-0.39, 0.29) is 5.91 Å². The molecule has 70 valence electrons. The van der Waals surface area contributed by atoms with E-state index in [2.05, 4.69) is 15.5 Å². The molecule has 4 nitrogen and oxygen atoms in total. The highest BCUT2D eigenvalue weighted by Crippen LogP contribution is 2.03. The van der Waals surface area contributed by atoms with Crippen LogP contribution in [0.15, 0.2) is 23.9 Å². The molecule has 0 saturated heterocycles. The van der Waals surface area contributed by atoms with E-state index < -0.39 is 0 Å². The van der Waals surface area contributed by atoms with Gasteiger partial charge in [0.05, 0.1) is 6.20 Å². The third kappa shape index (κ3) is 2.74. The van der Waals surface area contributed by atoms with Crippen molar-refractivity contribution in [1.82, 2.24) is 10.2 Å². The maximum atomic E-state index is 11.4. The van der Waals surface area contributed by atoms with E-state index in [9.17, 15) is 4.79 Å². The minimum atomic E-state index is -0.0916. The second kappa shape index (κ2) is 4.45. The Morgan fingerprint density at radius 2 is 2.54 bits per heavy atom. The van der Waals surface area contributed by atoms with E-state index in [0.717, 1.165) is 12.0 Å². The van der Waals surface area contributed by atoms with Gasteiger partial charge in [0, 0.05) is 11.6 Å². The Hall–Kier alpha value is -1.58. The number of hydrogen-bond acceptors (Lipinski definition) is 2. The predicted molar refractivity (Wildman–Crippen MR) is 51.3 cm³/mol. The van der Waals surface area contributed by atoms with E-state index in [1.165, 1.54) is 0 Å². The summed E-state index contributed by atoms with van der Waals surface area (Å²) in [5.41, 5.74) is 0.720. The fraction of sp³-hybridized carbons (Fsp3) is 0.333. The smallest absolute Gasteiger partial charge is 0.252 e. The summed E-state index contributed by atoms with van der Waals surface area (Å²) < 4.78 is 0. The van der Waals surface area contributed by atoms with E-state index in [4.69, 9.17) is 0 Å². The molecule has 0 bridgehead atoms. The molecule has 2 N–H and O–H groups in total. The summed E-state index contributed by atoms with van der Waals surface area (Å²) in [5.74, 6) is 0.528.